The largest absolute Gasteiger partial charge is 0.493 e. The normalized spacial score (nSPS) is 14.3. The molecular formula is C25H18Cl2INO4. The van der Waals surface area contributed by atoms with Gasteiger partial charge in [-0.3, -0.25) is 0 Å². The van der Waals surface area contributed by atoms with Gasteiger partial charge in [0.1, 0.15) is 6.61 Å². The number of aliphatic imine (C=N–C) groups is 1. The first-order valence-corrected chi connectivity index (χ1v) is 11.7. The molecule has 0 bridgehead atoms. The summed E-state index contributed by atoms with van der Waals surface area (Å²) < 4.78 is 17.7. The summed E-state index contributed by atoms with van der Waals surface area (Å²) in [5.74, 6) is 0.448. The van der Waals surface area contributed by atoms with Crippen molar-refractivity contribution in [3.63, 3.8) is 0 Å². The van der Waals surface area contributed by atoms with Gasteiger partial charge in [0.05, 0.1) is 22.7 Å². The molecule has 0 radical (unpaired) electrons. The van der Waals surface area contributed by atoms with E-state index in [2.05, 4.69) is 27.6 Å². The lowest BCUT2D eigenvalue weighted by atomic mass is 10.1. The first-order chi connectivity index (χ1) is 15.8. The zero-order valence-corrected chi connectivity index (χ0v) is 21.4. The van der Waals surface area contributed by atoms with Crippen molar-refractivity contribution in [3.05, 3.63) is 96.2 Å². The van der Waals surface area contributed by atoms with Crippen LogP contribution in [0.15, 0.2) is 65.3 Å². The van der Waals surface area contributed by atoms with Crippen molar-refractivity contribution in [1.29, 1.82) is 0 Å². The molecule has 0 saturated carbocycles. The molecule has 0 spiro atoms. The molecule has 1 aliphatic heterocycles. The molecule has 168 valence electrons. The fourth-order valence-electron chi connectivity index (χ4n) is 3.15. The molecule has 0 amide bonds. The van der Waals surface area contributed by atoms with Crippen molar-refractivity contribution in [2.75, 3.05) is 7.11 Å². The Morgan fingerprint density at radius 3 is 2.55 bits per heavy atom. The zero-order valence-electron chi connectivity index (χ0n) is 17.7. The first kappa shape index (κ1) is 23.6. The standard InChI is InChI=1S/C25H18Cl2INO4/c1-14-3-5-15(6-4-14)13-32-23-20(27)9-16(11-22(23)31-2)10-21-25(30)33-24(29-21)18-12-17(28)7-8-19(18)26/h3-12H,13H2,1-2H3/b21-10-. The fourth-order valence-corrected chi connectivity index (χ4v) is 4.11. The molecule has 4 rings (SSSR count). The number of ether oxygens (including phenoxy) is 3. The topological polar surface area (TPSA) is 57.1 Å². The summed E-state index contributed by atoms with van der Waals surface area (Å²) in [4.78, 5) is 16.7. The molecule has 1 aliphatic rings. The lowest BCUT2D eigenvalue weighted by Crippen LogP contribution is -2.06. The van der Waals surface area contributed by atoms with E-state index >= 15 is 0 Å². The van der Waals surface area contributed by atoms with Crippen LogP contribution in [0.2, 0.25) is 10.0 Å². The molecular weight excluding hydrogens is 576 g/mol. The predicted molar refractivity (Wildman–Crippen MR) is 138 cm³/mol. The van der Waals surface area contributed by atoms with E-state index in [0.717, 1.165) is 9.13 Å². The predicted octanol–water partition coefficient (Wildman–Crippen LogP) is 6.84. The third-order valence-electron chi connectivity index (χ3n) is 4.84. The van der Waals surface area contributed by atoms with Gasteiger partial charge in [-0.25, -0.2) is 9.79 Å². The van der Waals surface area contributed by atoms with E-state index < -0.39 is 5.97 Å². The number of carbonyl (C=O) groups is 1. The zero-order chi connectivity index (χ0) is 23.5. The van der Waals surface area contributed by atoms with E-state index in [0.29, 0.717) is 39.3 Å². The fraction of sp³-hybridized carbons (Fsp3) is 0.120. The van der Waals surface area contributed by atoms with E-state index in [1.807, 2.05) is 37.3 Å². The quantitative estimate of drug-likeness (QED) is 0.178. The SMILES string of the molecule is COc1cc(/C=C2\N=C(c3cc(I)ccc3Cl)OC2=O)cc(Cl)c1OCc1ccc(C)cc1. The van der Waals surface area contributed by atoms with Gasteiger partial charge in [-0.15, -0.1) is 0 Å². The lowest BCUT2D eigenvalue weighted by Gasteiger charge is -2.13. The smallest absolute Gasteiger partial charge is 0.363 e. The van der Waals surface area contributed by atoms with Crippen molar-refractivity contribution in [2.45, 2.75) is 13.5 Å². The maximum atomic E-state index is 12.4. The molecule has 0 aliphatic carbocycles. The Kier molecular flexibility index (Phi) is 7.26. The molecule has 3 aromatic carbocycles. The number of carbonyl (C=O) groups excluding carboxylic acids is 1. The molecule has 0 fully saturated rings. The number of halogens is 3. The van der Waals surface area contributed by atoms with Crippen molar-refractivity contribution in [3.8, 4) is 11.5 Å². The second-order valence-electron chi connectivity index (χ2n) is 7.27. The van der Waals surface area contributed by atoms with E-state index in [1.54, 1.807) is 30.3 Å². The Bertz CT molecular complexity index is 1290. The van der Waals surface area contributed by atoms with Gasteiger partial charge in [0.2, 0.25) is 5.90 Å². The molecule has 0 unspecified atom stereocenters. The molecule has 0 N–H and O–H groups in total. The summed E-state index contributed by atoms with van der Waals surface area (Å²) in [6.45, 7) is 2.37. The summed E-state index contributed by atoms with van der Waals surface area (Å²) in [6, 6.07) is 16.8. The van der Waals surface area contributed by atoms with Crippen molar-refractivity contribution < 1.29 is 19.0 Å². The molecule has 0 saturated heterocycles. The van der Waals surface area contributed by atoms with Gasteiger partial charge in [-0.2, -0.15) is 0 Å². The molecule has 0 atom stereocenters. The van der Waals surface area contributed by atoms with Gasteiger partial charge < -0.3 is 14.2 Å². The Balaban J connectivity index is 1.60. The molecule has 3 aromatic rings. The highest BCUT2D eigenvalue weighted by molar-refractivity contribution is 14.1. The van der Waals surface area contributed by atoms with Crippen LogP contribution < -0.4 is 9.47 Å². The van der Waals surface area contributed by atoms with Gasteiger partial charge >= 0.3 is 5.97 Å². The number of esters is 1. The second-order valence-corrected chi connectivity index (χ2v) is 9.33. The van der Waals surface area contributed by atoms with Crippen molar-refractivity contribution >= 4 is 63.7 Å². The first-order valence-electron chi connectivity index (χ1n) is 9.88. The number of methoxy groups -OCH3 is 1. The summed E-state index contributed by atoms with van der Waals surface area (Å²) in [7, 11) is 1.53. The van der Waals surface area contributed by atoms with Gasteiger partial charge in [-0.05, 0) is 77.0 Å². The van der Waals surface area contributed by atoms with Crippen LogP contribution in [0.3, 0.4) is 0 Å². The highest BCUT2D eigenvalue weighted by Crippen LogP contribution is 2.38. The number of nitrogens with zero attached hydrogens (tertiary/aromatic N) is 1. The van der Waals surface area contributed by atoms with Gasteiger partial charge in [0.15, 0.2) is 17.2 Å². The third kappa shape index (κ3) is 5.51. The average Bonchev–Trinajstić information content (AvgIpc) is 3.15. The van der Waals surface area contributed by atoms with E-state index in [-0.39, 0.29) is 11.6 Å². The third-order valence-corrected chi connectivity index (χ3v) is 6.12. The maximum absolute atomic E-state index is 12.4. The van der Waals surface area contributed by atoms with Crippen LogP contribution in [0.5, 0.6) is 11.5 Å². The summed E-state index contributed by atoms with van der Waals surface area (Å²) >= 11 is 14.9. The Morgan fingerprint density at radius 2 is 1.82 bits per heavy atom. The molecule has 8 heteroatoms. The Hall–Kier alpha value is -2.55. The summed E-state index contributed by atoms with van der Waals surface area (Å²) in [6.07, 6.45) is 1.58. The van der Waals surface area contributed by atoms with Gasteiger partial charge in [0.25, 0.3) is 0 Å². The number of rotatable bonds is 6. The minimum atomic E-state index is -0.574. The number of benzene rings is 3. The van der Waals surface area contributed by atoms with Gasteiger partial charge in [0, 0.05) is 3.57 Å². The van der Waals surface area contributed by atoms with Crippen LogP contribution in [0.1, 0.15) is 22.3 Å². The minimum Gasteiger partial charge on any atom is -0.493 e. The van der Waals surface area contributed by atoms with Crippen molar-refractivity contribution in [1.82, 2.24) is 0 Å². The highest BCUT2D eigenvalue weighted by atomic mass is 127. The van der Waals surface area contributed by atoms with Crippen LogP contribution in [0, 0.1) is 10.5 Å². The second kappa shape index (κ2) is 10.2. The number of aryl methyl sites for hydroxylation is 1. The maximum Gasteiger partial charge on any atom is 0.363 e. The summed E-state index contributed by atoms with van der Waals surface area (Å²) in [5.41, 5.74) is 3.48. The number of hydrogen-bond donors (Lipinski definition) is 0. The van der Waals surface area contributed by atoms with Crippen LogP contribution in [-0.4, -0.2) is 19.0 Å². The molecule has 33 heavy (non-hydrogen) atoms. The summed E-state index contributed by atoms with van der Waals surface area (Å²) in [5, 5.41) is 0.799. The molecule has 1 heterocycles. The van der Waals surface area contributed by atoms with Crippen LogP contribution >= 0.6 is 45.8 Å². The molecule has 0 aromatic heterocycles. The van der Waals surface area contributed by atoms with E-state index in [1.165, 1.54) is 12.7 Å². The minimum absolute atomic E-state index is 0.131. The monoisotopic (exact) mass is 593 g/mol. The van der Waals surface area contributed by atoms with Gasteiger partial charge in [-0.1, -0.05) is 53.0 Å². The highest BCUT2D eigenvalue weighted by Gasteiger charge is 2.26. The van der Waals surface area contributed by atoms with E-state index in [4.69, 9.17) is 37.4 Å². The van der Waals surface area contributed by atoms with Crippen molar-refractivity contribution in [2.24, 2.45) is 4.99 Å². The Labute approximate surface area is 215 Å². The molecule has 5 nitrogen and oxygen atoms in total. The van der Waals surface area contributed by atoms with Crippen LogP contribution in [0.25, 0.3) is 6.08 Å². The lowest BCUT2D eigenvalue weighted by molar-refractivity contribution is -0.129. The Morgan fingerprint density at radius 1 is 1.06 bits per heavy atom. The number of cyclic esters (lactones) is 1. The van der Waals surface area contributed by atoms with Crippen LogP contribution in [-0.2, 0) is 16.1 Å². The van der Waals surface area contributed by atoms with E-state index in [9.17, 15) is 4.79 Å². The number of hydrogen-bond acceptors (Lipinski definition) is 5. The average molecular weight is 594 g/mol. The van der Waals surface area contributed by atoms with Crippen LogP contribution in [0.4, 0.5) is 0 Å².